The van der Waals surface area contributed by atoms with Crippen LogP contribution in [0.5, 0.6) is 0 Å². The Labute approximate surface area is 120 Å². The molecule has 6 nitrogen and oxygen atoms in total. The predicted molar refractivity (Wildman–Crippen MR) is 77.3 cm³/mol. The minimum atomic E-state index is -0.751. The highest BCUT2D eigenvalue weighted by Gasteiger charge is 2.47. The van der Waals surface area contributed by atoms with Gasteiger partial charge in [0.05, 0.1) is 5.92 Å². The molecule has 0 aliphatic carbocycles. The maximum atomic E-state index is 12.7. The largest absolute Gasteiger partial charge is 0.353 e. The Balaban J connectivity index is 2.09. The molecular weight excluding hydrogens is 256 g/mol. The number of rotatable bonds is 3. The smallest absolute Gasteiger partial charge is 0.241 e. The summed E-state index contributed by atoms with van der Waals surface area (Å²) in [4.78, 5) is 29.1. The molecule has 0 spiro atoms. The minimum absolute atomic E-state index is 0.0405. The summed E-state index contributed by atoms with van der Waals surface area (Å²) < 4.78 is 0. The molecule has 2 unspecified atom stereocenters. The van der Waals surface area contributed by atoms with E-state index < -0.39 is 5.54 Å². The first-order valence-electron chi connectivity index (χ1n) is 7.52. The summed E-state index contributed by atoms with van der Waals surface area (Å²) in [7, 11) is 2.06. The molecule has 2 aliphatic heterocycles. The van der Waals surface area contributed by atoms with Crippen molar-refractivity contribution in [3.63, 3.8) is 0 Å². The lowest BCUT2D eigenvalue weighted by Gasteiger charge is -2.43. The average molecular weight is 282 g/mol. The molecule has 2 N–H and O–H groups in total. The predicted octanol–water partition coefficient (Wildman–Crippen LogP) is -0.735. The van der Waals surface area contributed by atoms with E-state index in [1.165, 1.54) is 0 Å². The molecule has 0 radical (unpaired) electrons. The molecule has 2 aliphatic rings. The van der Waals surface area contributed by atoms with Crippen LogP contribution in [-0.4, -0.2) is 73.5 Å². The summed E-state index contributed by atoms with van der Waals surface area (Å²) in [5, 5.41) is 6.18. The fraction of sp³-hybridized carbons (Fsp3) is 0.857. The van der Waals surface area contributed by atoms with Crippen molar-refractivity contribution in [2.75, 3.05) is 46.3 Å². The first-order valence-corrected chi connectivity index (χ1v) is 7.52. The maximum absolute atomic E-state index is 12.7. The molecule has 2 fully saturated rings. The number of nitrogens with zero attached hydrogens (tertiary/aromatic N) is 2. The van der Waals surface area contributed by atoms with Crippen LogP contribution in [-0.2, 0) is 9.59 Å². The Morgan fingerprint density at radius 1 is 1.30 bits per heavy atom. The Kier molecular flexibility index (Phi) is 4.65. The van der Waals surface area contributed by atoms with Gasteiger partial charge in [0.2, 0.25) is 11.8 Å². The molecule has 0 aromatic heterocycles. The van der Waals surface area contributed by atoms with E-state index in [1.54, 1.807) is 0 Å². The van der Waals surface area contributed by atoms with Crippen LogP contribution < -0.4 is 10.6 Å². The number of carbonyl (C=O) groups excluding carboxylic acids is 2. The molecule has 2 heterocycles. The van der Waals surface area contributed by atoms with Gasteiger partial charge >= 0.3 is 0 Å². The van der Waals surface area contributed by atoms with Gasteiger partial charge in [-0.25, -0.2) is 0 Å². The SMILES string of the molecule is CCC1(C(C)C(=O)N2CCN(C)CC2)NCCNC1=O. The van der Waals surface area contributed by atoms with Crippen LogP contribution in [0.2, 0.25) is 0 Å². The number of hydrogen-bond acceptors (Lipinski definition) is 4. The first kappa shape index (κ1) is 15.3. The van der Waals surface area contributed by atoms with E-state index in [2.05, 4.69) is 22.6 Å². The zero-order valence-electron chi connectivity index (χ0n) is 12.7. The number of amides is 2. The monoisotopic (exact) mass is 282 g/mol. The second kappa shape index (κ2) is 6.10. The van der Waals surface area contributed by atoms with Crippen LogP contribution in [0.3, 0.4) is 0 Å². The average Bonchev–Trinajstić information content (AvgIpc) is 2.47. The van der Waals surface area contributed by atoms with E-state index >= 15 is 0 Å². The fourth-order valence-electron chi connectivity index (χ4n) is 3.15. The zero-order valence-corrected chi connectivity index (χ0v) is 12.7. The van der Waals surface area contributed by atoms with Crippen molar-refractivity contribution >= 4 is 11.8 Å². The van der Waals surface area contributed by atoms with Gasteiger partial charge in [0.25, 0.3) is 0 Å². The third-order valence-electron chi connectivity index (χ3n) is 4.74. The standard InChI is InChI=1S/C14H26N4O2/c1-4-14(13(20)15-5-6-16-14)11(2)12(19)18-9-7-17(3)8-10-18/h11,16H,4-10H2,1-3H3,(H,15,20). The molecule has 2 atom stereocenters. The summed E-state index contributed by atoms with van der Waals surface area (Å²) in [5.74, 6) is -0.290. The van der Waals surface area contributed by atoms with Crippen LogP contribution in [0.4, 0.5) is 0 Å². The summed E-state index contributed by atoms with van der Waals surface area (Å²) >= 11 is 0. The van der Waals surface area contributed by atoms with E-state index in [0.29, 0.717) is 13.0 Å². The van der Waals surface area contributed by atoms with Gasteiger partial charge in [-0.15, -0.1) is 0 Å². The third kappa shape index (κ3) is 2.67. The fourth-order valence-corrected chi connectivity index (χ4v) is 3.15. The normalized spacial score (nSPS) is 29.9. The van der Waals surface area contributed by atoms with Crippen LogP contribution in [0.15, 0.2) is 0 Å². The minimum Gasteiger partial charge on any atom is -0.353 e. The maximum Gasteiger partial charge on any atom is 0.241 e. The number of piperazine rings is 2. The molecule has 0 aromatic carbocycles. The van der Waals surface area contributed by atoms with E-state index in [4.69, 9.17) is 0 Å². The van der Waals surface area contributed by atoms with Crippen molar-refractivity contribution in [2.45, 2.75) is 25.8 Å². The molecule has 2 saturated heterocycles. The van der Waals surface area contributed by atoms with E-state index in [1.807, 2.05) is 18.7 Å². The highest BCUT2D eigenvalue weighted by molar-refractivity contribution is 5.94. The number of hydrogen-bond donors (Lipinski definition) is 2. The Morgan fingerprint density at radius 2 is 1.95 bits per heavy atom. The zero-order chi connectivity index (χ0) is 14.8. The summed E-state index contributed by atoms with van der Waals surface area (Å²) in [6.07, 6.45) is 0.624. The first-order chi connectivity index (χ1) is 9.51. The summed E-state index contributed by atoms with van der Waals surface area (Å²) in [5.41, 5.74) is -0.751. The number of likely N-dealkylation sites (N-methyl/N-ethyl adjacent to an activating group) is 1. The lowest BCUT2D eigenvalue weighted by atomic mass is 9.79. The molecule has 0 aromatic rings. The van der Waals surface area contributed by atoms with Gasteiger partial charge in [-0.05, 0) is 13.5 Å². The third-order valence-corrected chi connectivity index (χ3v) is 4.74. The van der Waals surface area contributed by atoms with E-state index in [9.17, 15) is 9.59 Å². The van der Waals surface area contributed by atoms with E-state index in [0.717, 1.165) is 32.7 Å². The van der Waals surface area contributed by atoms with Crippen LogP contribution in [0.1, 0.15) is 20.3 Å². The molecule has 6 heteroatoms. The molecule has 114 valence electrons. The Morgan fingerprint density at radius 3 is 2.50 bits per heavy atom. The van der Waals surface area contributed by atoms with Crippen LogP contribution in [0.25, 0.3) is 0 Å². The van der Waals surface area contributed by atoms with Crippen molar-refractivity contribution in [2.24, 2.45) is 5.92 Å². The van der Waals surface area contributed by atoms with Crippen molar-refractivity contribution in [3.8, 4) is 0 Å². The van der Waals surface area contributed by atoms with Gasteiger partial charge in [-0.2, -0.15) is 0 Å². The highest BCUT2D eigenvalue weighted by atomic mass is 16.2. The van der Waals surface area contributed by atoms with Gasteiger partial charge < -0.3 is 20.4 Å². The second-order valence-electron chi connectivity index (χ2n) is 5.86. The van der Waals surface area contributed by atoms with Gasteiger partial charge in [0.15, 0.2) is 0 Å². The Bertz CT molecular complexity index is 379. The van der Waals surface area contributed by atoms with Gasteiger partial charge in [-0.1, -0.05) is 13.8 Å². The molecular formula is C14H26N4O2. The van der Waals surface area contributed by atoms with Crippen molar-refractivity contribution in [1.29, 1.82) is 0 Å². The van der Waals surface area contributed by atoms with Crippen molar-refractivity contribution < 1.29 is 9.59 Å². The molecule has 0 bridgehead atoms. The van der Waals surface area contributed by atoms with Crippen LogP contribution in [0, 0.1) is 5.92 Å². The molecule has 2 amide bonds. The quantitative estimate of drug-likeness (QED) is 0.716. The highest BCUT2D eigenvalue weighted by Crippen LogP contribution is 2.26. The molecule has 2 rings (SSSR count). The molecule has 20 heavy (non-hydrogen) atoms. The lowest BCUT2D eigenvalue weighted by Crippen LogP contribution is -2.68. The van der Waals surface area contributed by atoms with Crippen molar-refractivity contribution in [1.82, 2.24) is 20.4 Å². The van der Waals surface area contributed by atoms with Gasteiger partial charge in [0, 0.05) is 39.3 Å². The number of carbonyl (C=O) groups is 2. The second-order valence-corrected chi connectivity index (χ2v) is 5.86. The summed E-state index contributed by atoms with van der Waals surface area (Å²) in [6, 6.07) is 0. The van der Waals surface area contributed by atoms with Crippen molar-refractivity contribution in [3.05, 3.63) is 0 Å². The summed E-state index contributed by atoms with van der Waals surface area (Å²) in [6.45, 7) is 8.50. The topological polar surface area (TPSA) is 64.7 Å². The van der Waals surface area contributed by atoms with Gasteiger partial charge in [0.1, 0.15) is 5.54 Å². The van der Waals surface area contributed by atoms with Gasteiger partial charge in [-0.3, -0.25) is 9.59 Å². The lowest BCUT2D eigenvalue weighted by molar-refractivity contribution is -0.146. The Hall–Kier alpha value is -1.14. The van der Waals surface area contributed by atoms with Crippen LogP contribution >= 0.6 is 0 Å². The van der Waals surface area contributed by atoms with E-state index in [-0.39, 0.29) is 17.7 Å². The number of nitrogens with one attached hydrogen (secondary N) is 2. The molecule has 0 saturated carbocycles.